The molecule has 0 saturated carbocycles. The number of rotatable bonds is 5. The summed E-state index contributed by atoms with van der Waals surface area (Å²) in [5, 5.41) is 7.23. The lowest BCUT2D eigenvalue weighted by Crippen LogP contribution is -2.49. The SMILES string of the molecule is Cc1c(NC(=O)CN2CCCC[C@@H]2CN2CCCCCC2)cnn1C. The monoisotopic (exact) mass is 347 g/mol. The summed E-state index contributed by atoms with van der Waals surface area (Å²) in [4.78, 5) is 17.6. The lowest BCUT2D eigenvalue weighted by atomic mass is 10.0. The van der Waals surface area contributed by atoms with Crippen LogP contribution >= 0.6 is 0 Å². The largest absolute Gasteiger partial charge is 0.322 e. The van der Waals surface area contributed by atoms with Crippen LogP contribution in [-0.4, -0.2) is 64.3 Å². The number of hydrogen-bond acceptors (Lipinski definition) is 4. The number of likely N-dealkylation sites (tertiary alicyclic amines) is 2. The molecule has 0 bridgehead atoms. The van der Waals surface area contributed by atoms with Crippen LogP contribution in [0.1, 0.15) is 50.6 Å². The average Bonchev–Trinajstić information content (AvgIpc) is 2.81. The second-order valence-corrected chi connectivity index (χ2v) is 7.65. The second kappa shape index (κ2) is 8.81. The molecule has 1 N–H and O–H groups in total. The average molecular weight is 348 g/mol. The molecule has 6 heteroatoms. The molecule has 1 aromatic heterocycles. The third-order valence-corrected chi connectivity index (χ3v) is 5.77. The standard InChI is InChI=1S/C19H33N5O/c1-16-18(13-20-22(16)2)21-19(25)15-24-12-8-5-9-17(24)14-23-10-6-3-4-7-11-23/h13,17H,3-12,14-15H2,1-2H3,(H,21,25)/t17-/m1/s1. The molecule has 25 heavy (non-hydrogen) atoms. The Morgan fingerprint density at radius 3 is 2.56 bits per heavy atom. The summed E-state index contributed by atoms with van der Waals surface area (Å²) in [6.07, 6.45) is 10.8. The van der Waals surface area contributed by atoms with Gasteiger partial charge in [0.1, 0.15) is 0 Å². The molecule has 1 amide bonds. The molecular formula is C19H33N5O. The van der Waals surface area contributed by atoms with E-state index in [9.17, 15) is 4.79 Å². The number of amides is 1. The zero-order valence-corrected chi connectivity index (χ0v) is 15.8. The molecular weight excluding hydrogens is 314 g/mol. The maximum atomic E-state index is 12.5. The minimum absolute atomic E-state index is 0.0823. The fourth-order valence-corrected chi connectivity index (χ4v) is 4.09. The molecule has 140 valence electrons. The van der Waals surface area contributed by atoms with E-state index < -0.39 is 0 Å². The predicted octanol–water partition coefficient (Wildman–Crippen LogP) is 2.40. The number of aromatic nitrogens is 2. The lowest BCUT2D eigenvalue weighted by molar-refractivity contribution is -0.118. The third-order valence-electron chi connectivity index (χ3n) is 5.77. The zero-order chi connectivity index (χ0) is 17.6. The molecule has 0 radical (unpaired) electrons. The van der Waals surface area contributed by atoms with Crippen LogP contribution in [0.4, 0.5) is 5.69 Å². The van der Waals surface area contributed by atoms with Crippen LogP contribution < -0.4 is 5.32 Å². The van der Waals surface area contributed by atoms with Crippen molar-refractivity contribution >= 4 is 11.6 Å². The Morgan fingerprint density at radius 1 is 1.16 bits per heavy atom. The van der Waals surface area contributed by atoms with E-state index in [1.165, 1.54) is 58.0 Å². The van der Waals surface area contributed by atoms with Crippen molar-refractivity contribution in [3.8, 4) is 0 Å². The molecule has 2 aliphatic rings. The minimum atomic E-state index is 0.0823. The van der Waals surface area contributed by atoms with Gasteiger partial charge >= 0.3 is 0 Å². The van der Waals surface area contributed by atoms with Gasteiger partial charge in [0.15, 0.2) is 0 Å². The van der Waals surface area contributed by atoms with Crippen LogP contribution in [0, 0.1) is 6.92 Å². The van der Waals surface area contributed by atoms with Crippen molar-refractivity contribution in [2.75, 3.05) is 38.0 Å². The molecule has 0 spiro atoms. The first-order chi connectivity index (χ1) is 12.1. The van der Waals surface area contributed by atoms with E-state index in [4.69, 9.17) is 0 Å². The van der Waals surface area contributed by atoms with Crippen LogP contribution in [0.5, 0.6) is 0 Å². The molecule has 1 aromatic rings. The predicted molar refractivity (Wildman–Crippen MR) is 101 cm³/mol. The van der Waals surface area contributed by atoms with Crippen molar-refractivity contribution in [2.24, 2.45) is 7.05 Å². The Kier molecular flexibility index (Phi) is 6.48. The van der Waals surface area contributed by atoms with Crippen LogP contribution in [0.3, 0.4) is 0 Å². The van der Waals surface area contributed by atoms with Gasteiger partial charge in [0.2, 0.25) is 5.91 Å². The van der Waals surface area contributed by atoms with Gasteiger partial charge in [0.05, 0.1) is 24.1 Å². The minimum Gasteiger partial charge on any atom is -0.322 e. The fraction of sp³-hybridized carbons (Fsp3) is 0.789. The van der Waals surface area contributed by atoms with Gasteiger partial charge in [-0.1, -0.05) is 19.3 Å². The Morgan fingerprint density at radius 2 is 1.88 bits per heavy atom. The van der Waals surface area contributed by atoms with Crippen molar-refractivity contribution < 1.29 is 4.79 Å². The zero-order valence-electron chi connectivity index (χ0n) is 15.8. The van der Waals surface area contributed by atoms with Gasteiger partial charge in [-0.25, -0.2) is 0 Å². The first-order valence-electron chi connectivity index (χ1n) is 9.88. The number of piperidine rings is 1. The second-order valence-electron chi connectivity index (χ2n) is 7.65. The summed E-state index contributed by atoms with van der Waals surface area (Å²) in [6, 6.07) is 0.521. The van der Waals surface area contributed by atoms with Crippen molar-refractivity contribution in [3.05, 3.63) is 11.9 Å². The first-order valence-corrected chi connectivity index (χ1v) is 9.88. The number of carbonyl (C=O) groups is 1. The smallest absolute Gasteiger partial charge is 0.238 e. The van der Waals surface area contributed by atoms with E-state index in [-0.39, 0.29) is 5.91 Å². The van der Waals surface area contributed by atoms with Crippen molar-refractivity contribution in [2.45, 2.75) is 57.9 Å². The number of anilines is 1. The van der Waals surface area contributed by atoms with Gasteiger partial charge in [-0.2, -0.15) is 5.10 Å². The van der Waals surface area contributed by atoms with Crippen molar-refractivity contribution in [1.82, 2.24) is 19.6 Å². The van der Waals surface area contributed by atoms with Crippen LogP contribution in [0.25, 0.3) is 0 Å². The number of carbonyl (C=O) groups excluding carboxylic acids is 1. The van der Waals surface area contributed by atoms with E-state index >= 15 is 0 Å². The highest BCUT2D eigenvalue weighted by molar-refractivity contribution is 5.92. The summed E-state index contributed by atoms with van der Waals surface area (Å²) in [6.45, 7) is 7.09. The topological polar surface area (TPSA) is 53.4 Å². The molecule has 0 unspecified atom stereocenters. The van der Waals surface area contributed by atoms with E-state index in [1.807, 2.05) is 14.0 Å². The van der Waals surface area contributed by atoms with E-state index in [2.05, 4.69) is 20.2 Å². The molecule has 3 rings (SSSR count). The van der Waals surface area contributed by atoms with Gasteiger partial charge in [0.25, 0.3) is 0 Å². The van der Waals surface area contributed by atoms with Crippen molar-refractivity contribution in [1.29, 1.82) is 0 Å². The van der Waals surface area contributed by atoms with Crippen LogP contribution in [0.2, 0.25) is 0 Å². The van der Waals surface area contributed by atoms with Crippen molar-refractivity contribution in [3.63, 3.8) is 0 Å². The summed E-state index contributed by atoms with van der Waals surface area (Å²) in [7, 11) is 1.90. The summed E-state index contributed by atoms with van der Waals surface area (Å²) in [5.74, 6) is 0.0823. The molecule has 1 atom stereocenters. The Hall–Kier alpha value is -1.40. The highest BCUT2D eigenvalue weighted by atomic mass is 16.2. The maximum Gasteiger partial charge on any atom is 0.238 e. The Bertz CT molecular complexity index is 562. The summed E-state index contributed by atoms with van der Waals surface area (Å²) < 4.78 is 1.79. The quantitative estimate of drug-likeness (QED) is 0.889. The number of nitrogens with one attached hydrogen (secondary N) is 1. The van der Waals surface area contributed by atoms with Crippen LogP contribution in [-0.2, 0) is 11.8 Å². The molecule has 6 nitrogen and oxygen atoms in total. The fourth-order valence-electron chi connectivity index (χ4n) is 4.09. The number of nitrogens with zero attached hydrogens (tertiary/aromatic N) is 4. The van der Waals surface area contributed by atoms with Gasteiger partial charge < -0.3 is 10.2 Å². The first kappa shape index (κ1) is 18.4. The van der Waals surface area contributed by atoms with Gasteiger partial charge in [-0.3, -0.25) is 14.4 Å². The molecule has 2 aliphatic heterocycles. The van der Waals surface area contributed by atoms with Crippen LogP contribution in [0.15, 0.2) is 6.20 Å². The number of aryl methyl sites for hydroxylation is 1. The molecule has 2 saturated heterocycles. The highest BCUT2D eigenvalue weighted by Crippen LogP contribution is 2.20. The molecule has 2 fully saturated rings. The van der Waals surface area contributed by atoms with Gasteiger partial charge in [-0.05, 0) is 52.2 Å². The van der Waals surface area contributed by atoms with Gasteiger partial charge in [0, 0.05) is 19.6 Å². The van der Waals surface area contributed by atoms with E-state index in [1.54, 1.807) is 10.9 Å². The van der Waals surface area contributed by atoms with E-state index in [0.29, 0.717) is 12.6 Å². The third kappa shape index (κ3) is 5.05. The Labute approximate surface area is 151 Å². The number of hydrogen-bond donors (Lipinski definition) is 1. The normalized spacial score (nSPS) is 23.4. The van der Waals surface area contributed by atoms with E-state index in [0.717, 1.165) is 24.5 Å². The highest BCUT2D eigenvalue weighted by Gasteiger charge is 2.26. The summed E-state index contributed by atoms with van der Waals surface area (Å²) in [5.41, 5.74) is 1.82. The lowest BCUT2D eigenvalue weighted by Gasteiger charge is -2.38. The molecule has 0 aromatic carbocycles. The Balaban J connectivity index is 1.54. The maximum absolute atomic E-state index is 12.5. The molecule has 3 heterocycles. The summed E-state index contributed by atoms with van der Waals surface area (Å²) >= 11 is 0. The molecule has 0 aliphatic carbocycles. The van der Waals surface area contributed by atoms with Gasteiger partial charge in [-0.15, -0.1) is 0 Å².